The Balaban J connectivity index is 5.36. The molecule has 0 aromatic rings. The molecular formula is C60H111N2O7P. The van der Waals surface area contributed by atoms with E-state index in [0.717, 1.165) is 96.3 Å². The molecule has 10 heteroatoms. The van der Waals surface area contributed by atoms with Gasteiger partial charge in [0.15, 0.2) is 0 Å². The zero-order valence-corrected chi connectivity index (χ0v) is 47.4. The lowest BCUT2D eigenvalue weighted by Gasteiger charge is -2.30. The fraction of sp³-hybridized carbons (Fsp3) is 0.800. The van der Waals surface area contributed by atoms with Gasteiger partial charge >= 0.3 is 5.97 Å². The van der Waals surface area contributed by atoms with Gasteiger partial charge in [-0.2, -0.15) is 0 Å². The summed E-state index contributed by atoms with van der Waals surface area (Å²) in [4.78, 5) is 39.8. The number of nitrogens with one attached hydrogen (secondary N) is 1. The van der Waals surface area contributed by atoms with Crippen LogP contribution >= 0.6 is 7.82 Å². The number of carbonyl (C=O) groups excluding carboxylic acids is 2. The molecule has 0 aromatic carbocycles. The monoisotopic (exact) mass is 1000 g/mol. The average Bonchev–Trinajstić information content (AvgIpc) is 3.32. The highest BCUT2D eigenvalue weighted by Crippen LogP contribution is 2.38. The van der Waals surface area contributed by atoms with Crippen molar-refractivity contribution < 1.29 is 37.3 Å². The number of likely N-dealkylation sites (N-methyl/N-ethyl adjacent to an activating group) is 1. The van der Waals surface area contributed by atoms with Crippen LogP contribution in [0.25, 0.3) is 0 Å². The predicted octanol–water partition coefficient (Wildman–Crippen LogP) is 16.9. The zero-order valence-electron chi connectivity index (χ0n) is 46.5. The first-order valence-corrected chi connectivity index (χ1v) is 30.6. The van der Waals surface area contributed by atoms with Crippen molar-refractivity contribution in [3.05, 3.63) is 60.8 Å². The van der Waals surface area contributed by atoms with Gasteiger partial charge in [0.1, 0.15) is 19.3 Å². The molecule has 1 N–H and O–H groups in total. The van der Waals surface area contributed by atoms with Gasteiger partial charge in [-0.25, -0.2) is 0 Å². The summed E-state index contributed by atoms with van der Waals surface area (Å²) in [6.45, 7) is 6.78. The molecule has 0 heterocycles. The maximum Gasteiger partial charge on any atom is 0.306 e. The van der Waals surface area contributed by atoms with E-state index in [1.165, 1.54) is 122 Å². The predicted molar refractivity (Wildman–Crippen MR) is 298 cm³/mol. The van der Waals surface area contributed by atoms with Gasteiger partial charge in [-0.3, -0.25) is 14.2 Å². The Kier molecular flexibility index (Phi) is 48.6. The number of hydrogen-bond donors (Lipinski definition) is 1. The van der Waals surface area contributed by atoms with Crippen LogP contribution in [0.15, 0.2) is 60.8 Å². The van der Waals surface area contributed by atoms with Crippen LogP contribution in [0.1, 0.15) is 258 Å². The van der Waals surface area contributed by atoms with Crippen LogP contribution < -0.4 is 10.2 Å². The minimum Gasteiger partial charge on any atom is -0.756 e. The van der Waals surface area contributed by atoms with E-state index in [9.17, 15) is 19.0 Å². The number of amides is 1. The Bertz CT molecular complexity index is 1390. The lowest BCUT2D eigenvalue weighted by atomic mass is 10.1. The first-order chi connectivity index (χ1) is 33.9. The summed E-state index contributed by atoms with van der Waals surface area (Å²) in [5.41, 5.74) is 0. The number of hydrogen-bond acceptors (Lipinski definition) is 7. The Labute approximate surface area is 432 Å². The molecule has 3 unspecified atom stereocenters. The second kappa shape index (κ2) is 50.3. The van der Waals surface area contributed by atoms with Crippen molar-refractivity contribution in [2.45, 2.75) is 270 Å². The zero-order chi connectivity index (χ0) is 51.5. The number of quaternary nitrogens is 1. The molecule has 70 heavy (non-hydrogen) atoms. The first kappa shape index (κ1) is 67.7. The minimum atomic E-state index is -4.70. The van der Waals surface area contributed by atoms with E-state index in [1.54, 1.807) is 0 Å². The van der Waals surface area contributed by atoms with Crippen LogP contribution in [0.5, 0.6) is 0 Å². The van der Waals surface area contributed by atoms with Crippen LogP contribution in [0, 0.1) is 0 Å². The van der Waals surface area contributed by atoms with E-state index >= 15 is 0 Å². The van der Waals surface area contributed by atoms with Crippen LogP contribution in [0.3, 0.4) is 0 Å². The van der Waals surface area contributed by atoms with E-state index < -0.39 is 26.6 Å². The number of nitrogens with zero attached hydrogens (tertiary/aromatic N) is 1. The quantitative estimate of drug-likeness (QED) is 0.0212. The second-order valence-electron chi connectivity index (χ2n) is 20.8. The summed E-state index contributed by atoms with van der Waals surface area (Å²) in [6.07, 6.45) is 61.8. The van der Waals surface area contributed by atoms with E-state index in [4.69, 9.17) is 13.8 Å². The summed E-state index contributed by atoms with van der Waals surface area (Å²) in [5, 5.41) is 3.01. The van der Waals surface area contributed by atoms with Crippen molar-refractivity contribution in [3.8, 4) is 0 Å². The molecule has 408 valence electrons. The van der Waals surface area contributed by atoms with Crippen LogP contribution in [-0.2, 0) is 27.9 Å². The van der Waals surface area contributed by atoms with Gasteiger partial charge in [0, 0.05) is 12.8 Å². The summed E-state index contributed by atoms with van der Waals surface area (Å²) >= 11 is 0. The minimum absolute atomic E-state index is 0.0289. The molecule has 0 saturated carbocycles. The third-order valence-corrected chi connectivity index (χ3v) is 13.6. The number of carbonyl (C=O) groups is 2. The molecule has 0 aliphatic heterocycles. The van der Waals surface area contributed by atoms with E-state index in [0.29, 0.717) is 23.9 Å². The van der Waals surface area contributed by atoms with Gasteiger partial charge in [0.2, 0.25) is 5.91 Å². The van der Waals surface area contributed by atoms with Crippen molar-refractivity contribution in [1.29, 1.82) is 0 Å². The van der Waals surface area contributed by atoms with Gasteiger partial charge in [-0.1, -0.05) is 210 Å². The SMILES string of the molecule is CCCCC/C=C\C/C=C\C/C=C\CCCCCCC(=O)OC(/C=C/CCCCCCCCCCC)C(COP(=O)([O-])OCC[N+](C)(C)C)NC(=O)CCCCCCC/C=C/CCCCCCCCC. The number of esters is 1. The summed E-state index contributed by atoms with van der Waals surface area (Å²) in [5.74, 6) is -0.575. The molecule has 0 radical (unpaired) electrons. The van der Waals surface area contributed by atoms with E-state index in [1.807, 2.05) is 33.3 Å². The summed E-state index contributed by atoms with van der Waals surface area (Å²) in [6, 6.07) is -0.901. The Morgan fingerprint density at radius 3 is 1.34 bits per heavy atom. The van der Waals surface area contributed by atoms with Gasteiger partial charge in [0.05, 0.1) is 33.8 Å². The lowest BCUT2D eigenvalue weighted by molar-refractivity contribution is -0.870. The van der Waals surface area contributed by atoms with Gasteiger partial charge in [0.25, 0.3) is 7.82 Å². The van der Waals surface area contributed by atoms with E-state index in [2.05, 4.69) is 74.7 Å². The Hall–Kier alpha value is -2.29. The molecule has 0 aromatic heterocycles. The molecule has 3 atom stereocenters. The number of allylic oxidation sites excluding steroid dienone is 9. The molecule has 0 saturated heterocycles. The first-order valence-electron chi connectivity index (χ1n) is 29.1. The molecule has 0 bridgehead atoms. The van der Waals surface area contributed by atoms with Crippen LogP contribution in [0.4, 0.5) is 0 Å². The Morgan fingerprint density at radius 1 is 0.500 bits per heavy atom. The number of phosphoric acid groups is 1. The molecule has 9 nitrogen and oxygen atoms in total. The maximum atomic E-state index is 13.5. The fourth-order valence-electron chi connectivity index (χ4n) is 8.11. The normalized spacial score (nSPS) is 14.2. The van der Waals surface area contributed by atoms with Crippen molar-refractivity contribution in [1.82, 2.24) is 5.32 Å². The molecule has 0 rings (SSSR count). The van der Waals surface area contributed by atoms with Gasteiger partial charge < -0.3 is 28.5 Å². The highest BCUT2D eigenvalue weighted by Gasteiger charge is 2.27. The van der Waals surface area contributed by atoms with Crippen molar-refractivity contribution in [3.63, 3.8) is 0 Å². The molecule has 0 fully saturated rings. The highest BCUT2D eigenvalue weighted by atomic mass is 31.2. The standard InChI is InChI=1S/C60H111N2O7P/c1-7-10-13-16-19-22-25-27-29-31-33-35-38-41-44-47-50-53-60(64)69-58(51-48-45-42-39-36-24-21-18-15-12-9-3)57(56-68-70(65,66)67-55-54-62(4,5)6)61-59(63)52-49-46-43-40-37-34-32-30-28-26-23-20-17-14-11-8-2/h19,22,27,29-30,32-33,35,48,51,57-58H,7-18,20-21,23-26,28,31,34,36-47,49-50,52-56H2,1-6H3,(H-,61,63,65,66)/b22-19-,29-27-,32-30+,35-33-,51-48+. The summed E-state index contributed by atoms with van der Waals surface area (Å²) in [7, 11) is 1.16. The lowest BCUT2D eigenvalue weighted by Crippen LogP contribution is -2.47. The molecule has 0 aliphatic carbocycles. The highest BCUT2D eigenvalue weighted by molar-refractivity contribution is 7.45. The van der Waals surface area contributed by atoms with Crippen molar-refractivity contribution in [2.24, 2.45) is 0 Å². The number of rotatable bonds is 52. The Morgan fingerprint density at radius 2 is 0.871 bits per heavy atom. The number of unbranched alkanes of at least 4 members (excludes halogenated alkanes) is 28. The second-order valence-corrected chi connectivity index (χ2v) is 22.2. The third kappa shape index (κ3) is 50.6. The topological polar surface area (TPSA) is 114 Å². The van der Waals surface area contributed by atoms with Crippen molar-refractivity contribution >= 4 is 19.7 Å². The van der Waals surface area contributed by atoms with E-state index in [-0.39, 0.29) is 24.9 Å². The van der Waals surface area contributed by atoms with Gasteiger partial charge in [-0.15, -0.1) is 0 Å². The van der Waals surface area contributed by atoms with Crippen molar-refractivity contribution in [2.75, 3.05) is 40.9 Å². The van der Waals surface area contributed by atoms with Gasteiger partial charge in [-0.05, 0) is 96.0 Å². The third-order valence-electron chi connectivity index (χ3n) is 12.7. The molecule has 1 amide bonds. The summed E-state index contributed by atoms with van der Waals surface area (Å²) < 4.78 is 30.2. The smallest absolute Gasteiger partial charge is 0.306 e. The maximum absolute atomic E-state index is 13.5. The fourth-order valence-corrected chi connectivity index (χ4v) is 8.83. The molecular weight excluding hydrogens is 892 g/mol. The number of phosphoric ester groups is 1. The largest absolute Gasteiger partial charge is 0.756 e. The average molecular weight is 1000 g/mol. The molecule has 0 spiro atoms. The number of ether oxygens (including phenoxy) is 1. The van der Waals surface area contributed by atoms with Crippen LogP contribution in [-0.4, -0.2) is 69.4 Å². The van der Waals surface area contributed by atoms with Crippen LogP contribution in [0.2, 0.25) is 0 Å². The molecule has 0 aliphatic rings.